The summed E-state index contributed by atoms with van der Waals surface area (Å²) in [6.45, 7) is 1.72. The highest BCUT2D eigenvalue weighted by Gasteiger charge is 2.23. The normalized spacial score (nSPS) is 13.3. The standard InChI is InChI=1S/C22H25N11/c1-31(2)8-7-24-18-6-5-16(9-20(18)32-13-26-27-14-32)29-21-10-19(28-15-3-4-15)22-25-12-17(11-23)33(22)30-21/h5-6,9-10,12-15,24,28H,3-4,7-8H2,1-2H3,(H,29,30). The van der Waals surface area contributed by atoms with Crippen LogP contribution in [0.2, 0.25) is 0 Å². The molecular weight excluding hydrogens is 418 g/mol. The van der Waals surface area contributed by atoms with Gasteiger partial charge in [0.25, 0.3) is 0 Å². The Balaban J connectivity index is 1.47. The number of hydrogen-bond donors (Lipinski definition) is 3. The van der Waals surface area contributed by atoms with Crippen molar-refractivity contribution in [1.29, 1.82) is 5.26 Å². The van der Waals surface area contributed by atoms with E-state index in [1.807, 2.05) is 42.9 Å². The van der Waals surface area contributed by atoms with Crippen LogP contribution in [-0.2, 0) is 0 Å². The lowest BCUT2D eigenvalue weighted by atomic mass is 10.2. The molecule has 3 N–H and O–H groups in total. The van der Waals surface area contributed by atoms with Gasteiger partial charge in [-0.25, -0.2) is 4.98 Å². The largest absolute Gasteiger partial charge is 0.382 e. The van der Waals surface area contributed by atoms with Crippen LogP contribution >= 0.6 is 0 Å². The SMILES string of the molecule is CN(C)CCNc1ccc(Nc2cc(NC3CC3)c3ncc(C#N)n3n2)cc1-n1cnnc1. The van der Waals surface area contributed by atoms with Gasteiger partial charge in [0.05, 0.1) is 23.3 Å². The number of hydrogen-bond acceptors (Lipinski definition) is 9. The maximum atomic E-state index is 9.45. The molecule has 0 bridgehead atoms. The van der Waals surface area contributed by atoms with Gasteiger partial charge in [-0.2, -0.15) is 9.78 Å². The van der Waals surface area contributed by atoms with Crippen molar-refractivity contribution in [3.05, 3.63) is 48.8 Å². The maximum Gasteiger partial charge on any atom is 0.178 e. The summed E-state index contributed by atoms with van der Waals surface area (Å²) in [5.41, 5.74) is 4.63. The zero-order valence-corrected chi connectivity index (χ0v) is 18.5. The fourth-order valence-corrected chi connectivity index (χ4v) is 3.52. The molecule has 33 heavy (non-hydrogen) atoms. The fourth-order valence-electron chi connectivity index (χ4n) is 3.52. The van der Waals surface area contributed by atoms with E-state index in [2.05, 4.69) is 47.2 Å². The highest BCUT2D eigenvalue weighted by atomic mass is 15.3. The molecule has 0 spiro atoms. The Morgan fingerprint density at radius 2 is 1.97 bits per heavy atom. The number of aromatic nitrogens is 6. The van der Waals surface area contributed by atoms with Crippen molar-refractivity contribution in [3.8, 4) is 11.8 Å². The molecule has 11 heteroatoms. The van der Waals surface area contributed by atoms with E-state index in [9.17, 15) is 5.26 Å². The number of fused-ring (bicyclic) bond motifs is 1. The number of nitrogens with one attached hydrogen (secondary N) is 3. The van der Waals surface area contributed by atoms with Crippen LogP contribution in [0.3, 0.4) is 0 Å². The third-order valence-corrected chi connectivity index (χ3v) is 5.36. The van der Waals surface area contributed by atoms with E-state index < -0.39 is 0 Å². The van der Waals surface area contributed by atoms with E-state index in [0.29, 0.717) is 23.2 Å². The topological polar surface area (TPSA) is 124 Å². The van der Waals surface area contributed by atoms with Crippen LogP contribution in [-0.4, -0.2) is 67.5 Å². The van der Waals surface area contributed by atoms with E-state index in [0.717, 1.165) is 48.7 Å². The van der Waals surface area contributed by atoms with Gasteiger partial charge in [0.1, 0.15) is 18.7 Å². The number of benzene rings is 1. The molecule has 0 aliphatic heterocycles. The van der Waals surface area contributed by atoms with Crippen LogP contribution < -0.4 is 16.0 Å². The summed E-state index contributed by atoms with van der Waals surface area (Å²) in [4.78, 5) is 6.50. The molecule has 1 aliphatic carbocycles. The molecule has 1 aliphatic rings. The quantitative estimate of drug-likeness (QED) is 0.358. The minimum absolute atomic E-state index is 0.387. The van der Waals surface area contributed by atoms with E-state index in [1.54, 1.807) is 23.4 Å². The molecule has 0 saturated heterocycles. The summed E-state index contributed by atoms with van der Waals surface area (Å²) in [7, 11) is 4.09. The zero-order valence-electron chi connectivity index (χ0n) is 18.5. The second-order valence-electron chi connectivity index (χ2n) is 8.31. The minimum Gasteiger partial charge on any atom is -0.382 e. The van der Waals surface area contributed by atoms with Crippen LogP contribution in [0.5, 0.6) is 0 Å². The van der Waals surface area contributed by atoms with Crippen molar-refractivity contribution < 1.29 is 0 Å². The maximum absolute atomic E-state index is 9.45. The Bertz CT molecular complexity index is 1300. The molecule has 11 nitrogen and oxygen atoms in total. The van der Waals surface area contributed by atoms with Crippen molar-refractivity contribution in [3.63, 3.8) is 0 Å². The monoisotopic (exact) mass is 443 g/mol. The van der Waals surface area contributed by atoms with Gasteiger partial charge in [-0.15, -0.1) is 15.3 Å². The number of nitriles is 1. The minimum atomic E-state index is 0.387. The van der Waals surface area contributed by atoms with E-state index in [4.69, 9.17) is 0 Å². The Hall–Kier alpha value is -4.17. The van der Waals surface area contributed by atoms with Crippen molar-refractivity contribution in [2.24, 2.45) is 0 Å². The Morgan fingerprint density at radius 3 is 2.70 bits per heavy atom. The van der Waals surface area contributed by atoms with E-state index >= 15 is 0 Å². The van der Waals surface area contributed by atoms with Crippen LogP contribution in [0.25, 0.3) is 11.3 Å². The first-order valence-corrected chi connectivity index (χ1v) is 10.8. The second-order valence-corrected chi connectivity index (χ2v) is 8.31. The van der Waals surface area contributed by atoms with Gasteiger partial charge in [-0.05, 0) is 45.1 Å². The molecule has 0 atom stereocenters. The highest BCUT2D eigenvalue weighted by Crippen LogP contribution is 2.30. The lowest BCUT2D eigenvalue weighted by Gasteiger charge is -2.17. The summed E-state index contributed by atoms with van der Waals surface area (Å²) in [6.07, 6.45) is 7.15. The van der Waals surface area contributed by atoms with Gasteiger partial charge in [0.15, 0.2) is 17.2 Å². The van der Waals surface area contributed by atoms with Gasteiger partial charge in [0, 0.05) is 30.9 Å². The highest BCUT2D eigenvalue weighted by molar-refractivity contribution is 5.75. The van der Waals surface area contributed by atoms with Gasteiger partial charge in [0.2, 0.25) is 0 Å². The Kier molecular flexibility index (Phi) is 5.50. The summed E-state index contributed by atoms with van der Waals surface area (Å²) < 4.78 is 3.44. The molecule has 5 rings (SSSR count). The van der Waals surface area contributed by atoms with Gasteiger partial charge in [-0.1, -0.05) is 0 Å². The van der Waals surface area contributed by atoms with Crippen LogP contribution in [0.1, 0.15) is 18.5 Å². The van der Waals surface area contributed by atoms with E-state index in [1.165, 1.54) is 0 Å². The van der Waals surface area contributed by atoms with Gasteiger partial charge in [-0.3, -0.25) is 4.57 Å². The Morgan fingerprint density at radius 1 is 1.15 bits per heavy atom. The fraction of sp³-hybridized carbons (Fsp3) is 0.318. The van der Waals surface area contributed by atoms with Crippen molar-refractivity contribution in [2.45, 2.75) is 18.9 Å². The molecular formula is C22H25N11. The smallest absolute Gasteiger partial charge is 0.178 e. The molecule has 1 fully saturated rings. The molecule has 0 unspecified atom stereocenters. The number of anilines is 4. The van der Waals surface area contributed by atoms with Crippen molar-refractivity contribution in [2.75, 3.05) is 43.1 Å². The number of rotatable bonds is 9. The lowest BCUT2D eigenvalue weighted by molar-refractivity contribution is 0.425. The summed E-state index contributed by atoms with van der Waals surface area (Å²) in [5.74, 6) is 0.614. The number of likely N-dealkylation sites (N-methyl/N-ethyl adjacent to an activating group) is 1. The second kappa shape index (κ2) is 8.76. The number of nitrogens with zero attached hydrogens (tertiary/aromatic N) is 8. The molecule has 168 valence electrons. The first kappa shape index (κ1) is 20.7. The lowest BCUT2D eigenvalue weighted by Crippen LogP contribution is -2.21. The van der Waals surface area contributed by atoms with E-state index in [-0.39, 0.29) is 0 Å². The summed E-state index contributed by atoms with van der Waals surface area (Å²) in [5, 5.41) is 32.3. The van der Waals surface area contributed by atoms with Crippen LogP contribution in [0.15, 0.2) is 43.1 Å². The summed E-state index contributed by atoms with van der Waals surface area (Å²) >= 11 is 0. The van der Waals surface area contributed by atoms with Crippen LogP contribution in [0.4, 0.5) is 22.9 Å². The molecule has 0 radical (unpaired) electrons. The molecule has 3 aromatic heterocycles. The average Bonchev–Trinajstić information content (AvgIpc) is 3.28. The zero-order chi connectivity index (χ0) is 22.8. The van der Waals surface area contributed by atoms with Crippen LogP contribution in [0, 0.1) is 11.3 Å². The third kappa shape index (κ3) is 4.56. The van der Waals surface area contributed by atoms with Crippen molar-refractivity contribution >= 4 is 28.5 Å². The van der Waals surface area contributed by atoms with Gasteiger partial charge < -0.3 is 20.9 Å². The predicted octanol–water partition coefficient (Wildman–Crippen LogP) is 2.47. The molecule has 3 heterocycles. The van der Waals surface area contributed by atoms with Crippen molar-refractivity contribution in [1.82, 2.24) is 34.3 Å². The first-order chi connectivity index (χ1) is 16.1. The molecule has 0 amide bonds. The first-order valence-electron chi connectivity index (χ1n) is 10.8. The van der Waals surface area contributed by atoms with Gasteiger partial charge >= 0.3 is 0 Å². The number of imidazole rings is 1. The predicted molar refractivity (Wildman–Crippen MR) is 126 cm³/mol. The average molecular weight is 444 g/mol. The molecule has 1 saturated carbocycles. The molecule has 4 aromatic rings. The third-order valence-electron chi connectivity index (χ3n) is 5.36. The summed E-state index contributed by atoms with van der Waals surface area (Å²) in [6, 6.07) is 10.6. The molecule has 1 aromatic carbocycles. The Labute approximate surface area is 191 Å².